The highest BCUT2D eigenvalue weighted by molar-refractivity contribution is 5.75. The summed E-state index contributed by atoms with van der Waals surface area (Å²) in [7, 11) is 0. The van der Waals surface area contributed by atoms with Gasteiger partial charge in [-0.3, -0.25) is 0 Å². The molecule has 118 valence electrons. The lowest BCUT2D eigenvalue weighted by Gasteiger charge is -2.34. The Morgan fingerprint density at radius 2 is 1.95 bits per heavy atom. The van der Waals surface area contributed by atoms with E-state index in [1.165, 1.54) is 0 Å². The quantitative estimate of drug-likeness (QED) is 0.913. The molecule has 0 aromatic heterocycles. The molecule has 0 aliphatic carbocycles. The molecule has 5 heteroatoms. The van der Waals surface area contributed by atoms with Crippen molar-refractivity contribution in [1.29, 1.82) is 5.26 Å². The molecule has 0 radical (unpaired) electrons. The molecule has 1 aliphatic rings. The molecule has 22 heavy (non-hydrogen) atoms. The molecule has 1 fully saturated rings. The van der Waals surface area contributed by atoms with E-state index in [1.54, 1.807) is 6.07 Å². The fourth-order valence-corrected chi connectivity index (χ4v) is 2.42. The summed E-state index contributed by atoms with van der Waals surface area (Å²) in [6, 6.07) is 9.37. The van der Waals surface area contributed by atoms with Gasteiger partial charge in [-0.15, -0.1) is 0 Å². The maximum Gasteiger partial charge on any atom is 0.317 e. The minimum absolute atomic E-state index is 0.0247. The van der Waals surface area contributed by atoms with Gasteiger partial charge < -0.3 is 15.0 Å². The predicted octanol–water partition coefficient (Wildman–Crippen LogP) is 2.91. The maximum absolute atomic E-state index is 12.1. The van der Waals surface area contributed by atoms with Crippen LogP contribution in [0.1, 0.15) is 39.2 Å². The second-order valence-electron chi connectivity index (χ2n) is 6.59. The highest BCUT2D eigenvalue weighted by Crippen LogP contribution is 2.22. The molecular weight excluding hydrogens is 278 g/mol. The fraction of sp³-hybridized carbons (Fsp3) is 0.529. The summed E-state index contributed by atoms with van der Waals surface area (Å²) < 4.78 is 5.93. The van der Waals surface area contributed by atoms with Crippen molar-refractivity contribution in [3.05, 3.63) is 29.8 Å². The Bertz CT molecular complexity index is 564. The number of nitrogens with one attached hydrogen (secondary N) is 1. The Labute approximate surface area is 131 Å². The van der Waals surface area contributed by atoms with E-state index in [4.69, 9.17) is 10.00 Å². The lowest BCUT2D eigenvalue weighted by atomic mass is 10.1. The summed E-state index contributed by atoms with van der Waals surface area (Å²) in [5, 5.41) is 12.1. The van der Waals surface area contributed by atoms with Gasteiger partial charge in [-0.1, -0.05) is 12.1 Å². The molecule has 2 rings (SSSR count). The number of hydrogen-bond donors (Lipinski definition) is 1. The molecule has 5 nitrogen and oxygen atoms in total. The molecule has 0 unspecified atom stereocenters. The van der Waals surface area contributed by atoms with Gasteiger partial charge in [-0.05, 0) is 32.9 Å². The molecule has 1 aliphatic heterocycles. The van der Waals surface area contributed by atoms with Crippen LogP contribution in [0.15, 0.2) is 24.3 Å². The van der Waals surface area contributed by atoms with Gasteiger partial charge in [0.2, 0.25) is 0 Å². The average molecular weight is 301 g/mol. The zero-order valence-corrected chi connectivity index (χ0v) is 13.4. The second-order valence-corrected chi connectivity index (χ2v) is 6.59. The van der Waals surface area contributed by atoms with Gasteiger partial charge in [0.25, 0.3) is 0 Å². The molecule has 0 spiro atoms. The summed E-state index contributed by atoms with van der Waals surface area (Å²) >= 11 is 0. The first-order chi connectivity index (χ1) is 10.4. The number of likely N-dealkylation sites (tertiary alicyclic amines) is 1. The zero-order valence-electron chi connectivity index (χ0n) is 13.4. The SMILES string of the molecule is CC(C)(C)NC(=O)N1CCC(Oc2ccccc2C#N)CC1. The summed E-state index contributed by atoms with van der Waals surface area (Å²) in [4.78, 5) is 13.9. The molecular formula is C17H23N3O2. The minimum atomic E-state index is -0.226. The first kappa shape index (κ1) is 16.2. The average Bonchev–Trinajstić information content (AvgIpc) is 2.47. The number of carbonyl (C=O) groups is 1. The topological polar surface area (TPSA) is 65.4 Å². The van der Waals surface area contributed by atoms with E-state index < -0.39 is 0 Å². The number of nitrogens with zero attached hydrogens (tertiary/aromatic N) is 2. The number of amides is 2. The van der Waals surface area contributed by atoms with Crippen LogP contribution in [-0.4, -0.2) is 35.7 Å². The fourth-order valence-electron chi connectivity index (χ4n) is 2.42. The third kappa shape index (κ3) is 4.39. The van der Waals surface area contributed by atoms with Crippen LogP contribution in [-0.2, 0) is 0 Å². The van der Waals surface area contributed by atoms with Crippen LogP contribution in [0.2, 0.25) is 0 Å². The molecule has 2 amide bonds. The minimum Gasteiger partial charge on any atom is -0.489 e. The van der Waals surface area contributed by atoms with Crippen LogP contribution in [0.3, 0.4) is 0 Å². The van der Waals surface area contributed by atoms with Gasteiger partial charge in [0.05, 0.1) is 5.56 Å². The number of ether oxygens (including phenoxy) is 1. The summed E-state index contributed by atoms with van der Waals surface area (Å²) in [5.74, 6) is 0.627. The van der Waals surface area contributed by atoms with Crippen molar-refractivity contribution in [2.75, 3.05) is 13.1 Å². The largest absolute Gasteiger partial charge is 0.489 e. The number of para-hydroxylation sites is 1. The third-order valence-electron chi connectivity index (χ3n) is 3.51. The van der Waals surface area contributed by atoms with Crippen LogP contribution in [0, 0.1) is 11.3 Å². The summed E-state index contributed by atoms with van der Waals surface area (Å²) in [5.41, 5.74) is 0.325. The normalized spacial score (nSPS) is 16.0. The number of benzene rings is 1. The third-order valence-corrected chi connectivity index (χ3v) is 3.51. The Morgan fingerprint density at radius 1 is 1.32 bits per heavy atom. The Hall–Kier alpha value is -2.22. The standard InChI is InChI=1S/C17H23N3O2/c1-17(2,3)19-16(21)20-10-8-14(9-11-20)22-15-7-5-4-6-13(15)12-18/h4-7,14H,8-11H2,1-3H3,(H,19,21). The maximum atomic E-state index is 12.1. The molecule has 1 aromatic carbocycles. The number of carbonyl (C=O) groups excluding carboxylic acids is 1. The van der Waals surface area contributed by atoms with Gasteiger partial charge in [-0.2, -0.15) is 5.26 Å². The Morgan fingerprint density at radius 3 is 2.55 bits per heavy atom. The van der Waals surface area contributed by atoms with E-state index in [0.29, 0.717) is 24.4 Å². The molecule has 1 aromatic rings. The monoisotopic (exact) mass is 301 g/mol. The second kappa shape index (κ2) is 6.69. The van der Waals surface area contributed by atoms with E-state index in [-0.39, 0.29) is 17.7 Å². The van der Waals surface area contributed by atoms with E-state index in [9.17, 15) is 4.79 Å². The number of hydrogen-bond acceptors (Lipinski definition) is 3. The number of nitriles is 1. The van der Waals surface area contributed by atoms with Crippen LogP contribution >= 0.6 is 0 Å². The number of rotatable bonds is 2. The predicted molar refractivity (Wildman–Crippen MR) is 84.7 cm³/mol. The van der Waals surface area contributed by atoms with Crippen LogP contribution in [0.4, 0.5) is 4.79 Å². The van der Waals surface area contributed by atoms with Crippen molar-refractivity contribution < 1.29 is 9.53 Å². The van der Waals surface area contributed by atoms with Gasteiger partial charge in [0.15, 0.2) is 0 Å². The molecule has 1 heterocycles. The van der Waals surface area contributed by atoms with Gasteiger partial charge in [0, 0.05) is 31.5 Å². The van der Waals surface area contributed by atoms with E-state index >= 15 is 0 Å². The molecule has 1 saturated heterocycles. The lowest BCUT2D eigenvalue weighted by Crippen LogP contribution is -2.51. The lowest BCUT2D eigenvalue weighted by molar-refractivity contribution is 0.108. The smallest absolute Gasteiger partial charge is 0.317 e. The van der Waals surface area contributed by atoms with Crippen molar-refractivity contribution in [2.45, 2.75) is 45.3 Å². The van der Waals surface area contributed by atoms with Crippen molar-refractivity contribution in [3.8, 4) is 11.8 Å². The van der Waals surface area contributed by atoms with Crippen molar-refractivity contribution in [1.82, 2.24) is 10.2 Å². The zero-order chi connectivity index (χ0) is 16.2. The molecule has 0 atom stereocenters. The van der Waals surface area contributed by atoms with Crippen LogP contribution in [0.5, 0.6) is 5.75 Å². The van der Waals surface area contributed by atoms with Crippen molar-refractivity contribution >= 4 is 6.03 Å². The summed E-state index contributed by atoms with van der Waals surface area (Å²) in [6.45, 7) is 7.25. The van der Waals surface area contributed by atoms with Crippen molar-refractivity contribution in [3.63, 3.8) is 0 Å². The van der Waals surface area contributed by atoms with Gasteiger partial charge in [0.1, 0.15) is 17.9 Å². The highest BCUT2D eigenvalue weighted by Gasteiger charge is 2.26. The van der Waals surface area contributed by atoms with E-state index in [0.717, 1.165) is 12.8 Å². The first-order valence-corrected chi connectivity index (χ1v) is 7.62. The number of urea groups is 1. The Balaban J connectivity index is 1.88. The van der Waals surface area contributed by atoms with Gasteiger partial charge in [-0.25, -0.2) is 4.79 Å². The van der Waals surface area contributed by atoms with E-state index in [1.807, 2.05) is 43.9 Å². The molecule has 0 saturated carbocycles. The van der Waals surface area contributed by atoms with Crippen LogP contribution < -0.4 is 10.1 Å². The van der Waals surface area contributed by atoms with E-state index in [2.05, 4.69) is 11.4 Å². The highest BCUT2D eigenvalue weighted by atomic mass is 16.5. The summed E-state index contributed by atoms with van der Waals surface area (Å²) in [6.07, 6.45) is 1.60. The molecule has 1 N–H and O–H groups in total. The van der Waals surface area contributed by atoms with Crippen molar-refractivity contribution in [2.24, 2.45) is 0 Å². The molecule has 0 bridgehead atoms. The first-order valence-electron chi connectivity index (χ1n) is 7.62. The number of piperidine rings is 1. The van der Waals surface area contributed by atoms with Crippen LogP contribution in [0.25, 0.3) is 0 Å². The van der Waals surface area contributed by atoms with Gasteiger partial charge >= 0.3 is 6.03 Å². The Kier molecular flexibility index (Phi) is 4.92.